The van der Waals surface area contributed by atoms with Crippen molar-refractivity contribution in [3.63, 3.8) is 0 Å². The van der Waals surface area contributed by atoms with Crippen molar-refractivity contribution >= 4 is 22.4 Å². The first-order valence-corrected chi connectivity index (χ1v) is 8.11. The number of pyridine rings is 1. The van der Waals surface area contributed by atoms with Crippen LogP contribution in [0.4, 0.5) is 5.13 Å². The van der Waals surface area contributed by atoms with Gasteiger partial charge in [0, 0.05) is 23.6 Å². The largest absolute Gasteiger partial charge is 0.493 e. The molecule has 0 radical (unpaired) electrons. The fourth-order valence-corrected chi connectivity index (χ4v) is 3.18. The summed E-state index contributed by atoms with van der Waals surface area (Å²) in [6, 6.07) is 11.3. The van der Waals surface area contributed by atoms with Crippen LogP contribution in [0.25, 0.3) is 11.3 Å². The van der Waals surface area contributed by atoms with Gasteiger partial charge in [0.05, 0.1) is 12.3 Å². The van der Waals surface area contributed by atoms with Crippen molar-refractivity contribution in [2.24, 2.45) is 0 Å². The zero-order valence-electron chi connectivity index (χ0n) is 12.2. The molecule has 0 bridgehead atoms. The average molecular weight is 323 g/mol. The van der Waals surface area contributed by atoms with Crippen LogP contribution in [-0.2, 0) is 6.42 Å². The van der Waals surface area contributed by atoms with Gasteiger partial charge in [0.25, 0.3) is 5.91 Å². The number of ether oxygens (including phenoxy) is 1. The molecule has 0 spiro atoms. The maximum atomic E-state index is 12.1. The number of aromatic nitrogens is 2. The molecule has 0 saturated heterocycles. The zero-order valence-corrected chi connectivity index (χ0v) is 13.0. The molecular formula is C17H13N3O2S. The molecule has 1 aliphatic heterocycles. The Hall–Kier alpha value is -2.73. The second-order valence-corrected chi connectivity index (χ2v) is 5.99. The smallest absolute Gasteiger partial charge is 0.276 e. The van der Waals surface area contributed by atoms with Crippen molar-refractivity contribution in [3.05, 3.63) is 59.2 Å². The molecule has 23 heavy (non-hydrogen) atoms. The molecule has 0 atom stereocenters. The second kappa shape index (κ2) is 5.81. The van der Waals surface area contributed by atoms with Crippen LogP contribution in [0.2, 0.25) is 0 Å². The maximum absolute atomic E-state index is 12.1. The molecule has 0 saturated carbocycles. The van der Waals surface area contributed by atoms with E-state index in [1.54, 1.807) is 24.4 Å². The van der Waals surface area contributed by atoms with Gasteiger partial charge in [0.2, 0.25) is 0 Å². The lowest BCUT2D eigenvalue weighted by molar-refractivity contribution is 0.102. The van der Waals surface area contributed by atoms with E-state index in [1.165, 1.54) is 16.9 Å². The average Bonchev–Trinajstić information content (AvgIpc) is 3.23. The minimum atomic E-state index is -0.256. The van der Waals surface area contributed by atoms with Gasteiger partial charge in [0.1, 0.15) is 11.4 Å². The summed E-state index contributed by atoms with van der Waals surface area (Å²) in [4.78, 5) is 20.6. The summed E-state index contributed by atoms with van der Waals surface area (Å²) in [5.74, 6) is 0.696. The molecule has 1 amide bonds. The normalized spacial score (nSPS) is 12.5. The number of hydrogen-bond donors (Lipinski definition) is 1. The van der Waals surface area contributed by atoms with Gasteiger partial charge < -0.3 is 4.74 Å². The summed E-state index contributed by atoms with van der Waals surface area (Å²) >= 11 is 1.40. The van der Waals surface area contributed by atoms with E-state index in [2.05, 4.69) is 21.4 Å². The van der Waals surface area contributed by atoms with Crippen LogP contribution in [0.1, 0.15) is 16.1 Å². The van der Waals surface area contributed by atoms with E-state index < -0.39 is 0 Å². The first-order chi connectivity index (χ1) is 11.3. The van der Waals surface area contributed by atoms with Gasteiger partial charge >= 0.3 is 0 Å². The minimum Gasteiger partial charge on any atom is -0.493 e. The summed E-state index contributed by atoms with van der Waals surface area (Å²) in [6.45, 7) is 0.737. The predicted octanol–water partition coefficient (Wildman–Crippen LogP) is 3.39. The highest BCUT2D eigenvalue weighted by molar-refractivity contribution is 7.14. The molecule has 1 aromatic carbocycles. The van der Waals surface area contributed by atoms with Gasteiger partial charge in [0.15, 0.2) is 5.13 Å². The first-order valence-electron chi connectivity index (χ1n) is 7.23. The van der Waals surface area contributed by atoms with E-state index in [0.29, 0.717) is 10.8 Å². The van der Waals surface area contributed by atoms with Gasteiger partial charge in [-0.1, -0.05) is 6.07 Å². The molecule has 4 rings (SSSR count). The molecule has 5 nitrogen and oxygen atoms in total. The molecular weight excluding hydrogens is 310 g/mol. The van der Waals surface area contributed by atoms with E-state index in [9.17, 15) is 4.79 Å². The summed E-state index contributed by atoms with van der Waals surface area (Å²) in [5.41, 5.74) is 3.46. The molecule has 1 N–H and O–H groups in total. The number of carbonyl (C=O) groups excluding carboxylic acids is 1. The highest BCUT2D eigenvalue weighted by Gasteiger charge is 2.15. The number of benzene rings is 1. The molecule has 114 valence electrons. The SMILES string of the molecule is O=C(Nc1nc(-c2ccc3c(c2)CCO3)cs1)c1ccccn1. The standard InChI is InChI=1S/C17H13N3O2S/c21-16(13-3-1-2-7-18-13)20-17-19-14(10-23-17)11-4-5-15-12(9-11)6-8-22-15/h1-5,7,9-10H,6,8H2,(H,19,20,21). The Kier molecular flexibility index (Phi) is 3.51. The van der Waals surface area contributed by atoms with Crippen molar-refractivity contribution in [1.82, 2.24) is 9.97 Å². The Bertz CT molecular complexity index is 861. The first kappa shape index (κ1) is 13.9. The van der Waals surface area contributed by atoms with Gasteiger partial charge in [-0.25, -0.2) is 4.98 Å². The van der Waals surface area contributed by atoms with Crippen LogP contribution in [0.3, 0.4) is 0 Å². The van der Waals surface area contributed by atoms with Crippen LogP contribution in [-0.4, -0.2) is 22.5 Å². The van der Waals surface area contributed by atoms with Crippen LogP contribution in [0.15, 0.2) is 48.0 Å². The van der Waals surface area contributed by atoms with E-state index >= 15 is 0 Å². The van der Waals surface area contributed by atoms with Crippen LogP contribution >= 0.6 is 11.3 Å². The Morgan fingerprint density at radius 3 is 3.09 bits per heavy atom. The molecule has 6 heteroatoms. The Balaban J connectivity index is 1.54. The number of thiazole rings is 1. The Morgan fingerprint density at radius 1 is 1.26 bits per heavy atom. The van der Waals surface area contributed by atoms with Crippen LogP contribution in [0, 0.1) is 0 Å². The second-order valence-electron chi connectivity index (χ2n) is 5.13. The summed E-state index contributed by atoms with van der Waals surface area (Å²) < 4.78 is 5.51. The lowest BCUT2D eigenvalue weighted by atomic mass is 10.1. The Morgan fingerprint density at radius 2 is 2.22 bits per heavy atom. The molecule has 0 fully saturated rings. The number of carbonyl (C=O) groups is 1. The molecule has 0 unspecified atom stereocenters. The van der Waals surface area contributed by atoms with Crippen LogP contribution in [0.5, 0.6) is 5.75 Å². The quantitative estimate of drug-likeness (QED) is 0.802. The number of amides is 1. The van der Waals surface area contributed by atoms with Crippen LogP contribution < -0.4 is 10.1 Å². The molecule has 2 aromatic heterocycles. The van der Waals surface area contributed by atoms with E-state index in [0.717, 1.165) is 30.0 Å². The van der Waals surface area contributed by atoms with E-state index in [4.69, 9.17) is 4.74 Å². The van der Waals surface area contributed by atoms with E-state index in [-0.39, 0.29) is 5.91 Å². The maximum Gasteiger partial charge on any atom is 0.276 e. The van der Waals surface area contributed by atoms with Gasteiger partial charge in [-0.3, -0.25) is 15.1 Å². The number of nitrogens with zero attached hydrogens (tertiary/aromatic N) is 2. The number of rotatable bonds is 3. The minimum absolute atomic E-state index is 0.256. The summed E-state index contributed by atoms with van der Waals surface area (Å²) in [6.07, 6.45) is 2.52. The Labute approximate surface area is 137 Å². The fourth-order valence-electron chi connectivity index (χ4n) is 2.47. The monoisotopic (exact) mass is 323 g/mol. The van der Waals surface area contributed by atoms with E-state index in [1.807, 2.05) is 17.5 Å². The molecule has 1 aliphatic rings. The third kappa shape index (κ3) is 2.80. The third-order valence-electron chi connectivity index (χ3n) is 3.61. The van der Waals surface area contributed by atoms with Gasteiger partial charge in [-0.05, 0) is 35.9 Å². The predicted molar refractivity (Wildman–Crippen MR) is 88.9 cm³/mol. The molecule has 3 heterocycles. The number of nitrogens with one attached hydrogen (secondary N) is 1. The van der Waals surface area contributed by atoms with Crippen molar-refractivity contribution in [2.45, 2.75) is 6.42 Å². The number of hydrogen-bond acceptors (Lipinski definition) is 5. The van der Waals surface area contributed by atoms with Crippen molar-refractivity contribution in [3.8, 4) is 17.0 Å². The summed E-state index contributed by atoms with van der Waals surface area (Å²) in [7, 11) is 0. The highest BCUT2D eigenvalue weighted by atomic mass is 32.1. The van der Waals surface area contributed by atoms with Gasteiger partial charge in [-0.2, -0.15) is 0 Å². The zero-order chi connectivity index (χ0) is 15.6. The number of fused-ring (bicyclic) bond motifs is 1. The lowest BCUT2D eigenvalue weighted by Crippen LogP contribution is -2.13. The molecule has 0 aliphatic carbocycles. The number of anilines is 1. The summed E-state index contributed by atoms with van der Waals surface area (Å²) in [5, 5.41) is 5.28. The van der Waals surface area contributed by atoms with Gasteiger partial charge in [-0.15, -0.1) is 11.3 Å². The third-order valence-corrected chi connectivity index (χ3v) is 4.37. The lowest BCUT2D eigenvalue weighted by Gasteiger charge is -2.02. The topological polar surface area (TPSA) is 64.1 Å². The van der Waals surface area contributed by atoms with Crippen molar-refractivity contribution in [2.75, 3.05) is 11.9 Å². The fraction of sp³-hybridized carbons (Fsp3) is 0.118. The highest BCUT2D eigenvalue weighted by Crippen LogP contribution is 2.31. The van der Waals surface area contributed by atoms with Crippen molar-refractivity contribution in [1.29, 1.82) is 0 Å². The molecule has 3 aromatic rings. The van der Waals surface area contributed by atoms with Crippen molar-refractivity contribution < 1.29 is 9.53 Å².